The number of rotatable bonds is 9. The van der Waals surface area contributed by atoms with Crippen LogP contribution in [0.2, 0.25) is 0 Å². The third-order valence-electron chi connectivity index (χ3n) is 6.67. The topological polar surface area (TPSA) is 87.2 Å². The van der Waals surface area contributed by atoms with Gasteiger partial charge < -0.3 is 14.5 Å². The van der Waals surface area contributed by atoms with Gasteiger partial charge in [-0.25, -0.2) is 0 Å². The first-order chi connectivity index (χ1) is 19.4. The lowest BCUT2D eigenvalue weighted by atomic mass is 10.1. The minimum Gasteiger partial charge on any atom is -0.484 e. The Morgan fingerprint density at radius 3 is 1.93 bits per heavy atom. The lowest BCUT2D eigenvalue weighted by Crippen LogP contribution is -2.42. The molecule has 40 heavy (non-hydrogen) atoms. The third kappa shape index (κ3) is 5.61. The molecule has 0 saturated carbocycles. The number of nitrogens with zero attached hydrogens (tertiary/aromatic N) is 3. The lowest BCUT2D eigenvalue weighted by Gasteiger charge is -2.26. The molecule has 200 valence electrons. The van der Waals surface area contributed by atoms with Gasteiger partial charge in [0.25, 0.3) is 17.7 Å². The highest BCUT2D eigenvalue weighted by Crippen LogP contribution is 2.26. The van der Waals surface area contributed by atoms with Crippen LogP contribution in [0.25, 0.3) is 0 Å². The Bertz CT molecular complexity index is 1520. The molecule has 4 amide bonds. The van der Waals surface area contributed by atoms with E-state index in [4.69, 9.17) is 4.74 Å². The molecule has 0 radical (unpaired) electrons. The number of para-hydroxylation sites is 1. The molecular formula is C32H27N3O5. The predicted octanol–water partition coefficient (Wildman–Crippen LogP) is 4.56. The molecule has 0 aliphatic carbocycles. The number of anilines is 2. The summed E-state index contributed by atoms with van der Waals surface area (Å²) in [4.78, 5) is 56.1. The van der Waals surface area contributed by atoms with E-state index in [0.717, 1.165) is 16.2 Å². The molecule has 0 fully saturated rings. The number of imide groups is 1. The summed E-state index contributed by atoms with van der Waals surface area (Å²) >= 11 is 0. The number of amides is 4. The second-order valence-electron chi connectivity index (χ2n) is 9.28. The maximum Gasteiger partial charge on any atom is 0.264 e. The highest BCUT2D eigenvalue weighted by Gasteiger charge is 2.37. The Labute approximate surface area is 232 Å². The Kier molecular flexibility index (Phi) is 7.68. The fourth-order valence-corrected chi connectivity index (χ4v) is 4.47. The van der Waals surface area contributed by atoms with Crippen LogP contribution >= 0.6 is 0 Å². The van der Waals surface area contributed by atoms with E-state index in [2.05, 4.69) is 0 Å². The van der Waals surface area contributed by atoms with Crippen molar-refractivity contribution >= 4 is 35.0 Å². The Balaban J connectivity index is 1.34. The summed E-state index contributed by atoms with van der Waals surface area (Å²) in [5, 5.41) is 0. The summed E-state index contributed by atoms with van der Waals surface area (Å²) in [6, 6.07) is 32.0. The predicted molar refractivity (Wildman–Crippen MR) is 151 cm³/mol. The molecule has 8 heteroatoms. The van der Waals surface area contributed by atoms with Gasteiger partial charge in [0, 0.05) is 24.5 Å². The van der Waals surface area contributed by atoms with Crippen molar-refractivity contribution in [3.63, 3.8) is 0 Å². The number of likely N-dealkylation sites (N-methyl/N-ethyl adjacent to an activating group) is 1. The van der Waals surface area contributed by atoms with Gasteiger partial charge in [-0.05, 0) is 42.0 Å². The quantitative estimate of drug-likeness (QED) is 0.295. The van der Waals surface area contributed by atoms with Crippen molar-refractivity contribution in [1.29, 1.82) is 0 Å². The monoisotopic (exact) mass is 533 g/mol. The third-order valence-corrected chi connectivity index (χ3v) is 6.67. The van der Waals surface area contributed by atoms with Gasteiger partial charge >= 0.3 is 0 Å². The Morgan fingerprint density at radius 2 is 1.27 bits per heavy atom. The van der Waals surface area contributed by atoms with Crippen LogP contribution in [-0.2, 0) is 16.1 Å². The van der Waals surface area contributed by atoms with E-state index >= 15 is 0 Å². The van der Waals surface area contributed by atoms with Gasteiger partial charge in [0.05, 0.1) is 17.7 Å². The minimum absolute atomic E-state index is 0.198. The van der Waals surface area contributed by atoms with E-state index < -0.39 is 24.3 Å². The molecule has 5 rings (SSSR count). The van der Waals surface area contributed by atoms with E-state index in [0.29, 0.717) is 11.4 Å². The van der Waals surface area contributed by atoms with E-state index in [-0.39, 0.29) is 30.2 Å². The summed E-state index contributed by atoms with van der Waals surface area (Å²) in [5.74, 6) is -1.26. The summed E-state index contributed by atoms with van der Waals surface area (Å²) in [6.45, 7) is -0.400. The average molecular weight is 534 g/mol. The van der Waals surface area contributed by atoms with Crippen LogP contribution in [0.4, 0.5) is 11.4 Å². The number of benzene rings is 4. The molecule has 0 bridgehead atoms. The molecule has 0 unspecified atom stereocenters. The molecule has 0 saturated heterocycles. The van der Waals surface area contributed by atoms with E-state index in [1.54, 1.807) is 55.6 Å². The fourth-order valence-electron chi connectivity index (χ4n) is 4.47. The second-order valence-corrected chi connectivity index (χ2v) is 9.28. The molecule has 1 aliphatic heterocycles. The molecule has 0 spiro atoms. The highest BCUT2D eigenvalue weighted by molar-refractivity contribution is 6.22. The molecule has 4 aromatic carbocycles. The van der Waals surface area contributed by atoms with Crippen LogP contribution < -0.4 is 14.5 Å². The largest absolute Gasteiger partial charge is 0.484 e. The molecule has 1 heterocycles. The maximum absolute atomic E-state index is 13.6. The molecule has 0 aromatic heterocycles. The normalized spacial score (nSPS) is 12.2. The minimum atomic E-state index is -0.494. The van der Waals surface area contributed by atoms with Crippen LogP contribution in [0.3, 0.4) is 0 Å². The first-order valence-corrected chi connectivity index (χ1v) is 12.8. The zero-order chi connectivity index (χ0) is 28.1. The van der Waals surface area contributed by atoms with Gasteiger partial charge in [-0.3, -0.25) is 24.1 Å². The van der Waals surface area contributed by atoms with Crippen LogP contribution in [0.5, 0.6) is 5.75 Å². The Morgan fingerprint density at radius 1 is 0.700 bits per heavy atom. The highest BCUT2D eigenvalue weighted by atomic mass is 16.5. The summed E-state index contributed by atoms with van der Waals surface area (Å²) in [6.07, 6.45) is 0. The van der Waals surface area contributed by atoms with Crippen LogP contribution in [0, 0.1) is 0 Å². The van der Waals surface area contributed by atoms with Crippen molar-refractivity contribution in [1.82, 2.24) is 4.90 Å². The zero-order valence-electron chi connectivity index (χ0n) is 21.9. The van der Waals surface area contributed by atoms with Crippen molar-refractivity contribution in [2.45, 2.75) is 6.54 Å². The number of fused-ring (bicyclic) bond motifs is 1. The molecule has 8 nitrogen and oxygen atoms in total. The molecular weight excluding hydrogens is 506 g/mol. The smallest absolute Gasteiger partial charge is 0.264 e. The van der Waals surface area contributed by atoms with Gasteiger partial charge in [-0.2, -0.15) is 0 Å². The number of carbonyl (C=O) groups is 4. The van der Waals surface area contributed by atoms with E-state index in [1.807, 2.05) is 60.7 Å². The Hall–Kier alpha value is -5.24. The SMILES string of the molecule is CN(C(=O)COc1cccc(N(Cc2ccccc2)C(=O)CN2C(=O)c3ccccc3C2=O)c1)c1ccccc1. The first-order valence-electron chi connectivity index (χ1n) is 12.8. The van der Waals surface area contributed by atoms with E-state index in [9.17, 15) is 19.2 Å². The lowest BCUT2D eigenvalue weighted by molar-refractivity contribution is -0.120. The van der Waals surface area contributed by atoms with Gasteiger partial charge in [0.15, 0.2) is 6.61 Å². The number of ether oxygens (including phenoxy) is 1. The van der Waals surface area contributed by atoms with Crippen LogP contribution in [-0.4, -0.2) is 48.7 Å². The summed E-state index contributed by atoms with van der Waals surface area (Å²) in [7, 11) is 1.68. The second kappa shape index (κ2) is 11.7. The van der Waals surface area contributed by atoms with Gasteiger partial charge in [-0.1, -0.05) is 66.7 Å². The molecule has 4 aromatic rings. The van der Waals surface area contributed by atoms with Crippen molar-refractivity contribution in [3.8, 4) is 5.75 Å². The summed E-state index contributed by atoms with van der Waals surface area (Å²) in [5.41, 5.74) is 2.69. The van der Waals surface area contributed by atoms with Crippen molar-refractivity contribution in [2.24, 2.45) is 0 Å². The molecule has 0 atom stereocenters. The number of hydrogen-bond acceptors (Lipinski definition) is 5. The summed E-state index contributed by atoms with van der Waals surface area (Å²) < 4.78 is 5.79. The van der Waals surface area contributed by atoms with Crippen molar-refractivity contribution in [3.05, 3.63) is 126 Å². The molecule has 1 aliphatic rings. The standard InChI is InChI=1S/C32H27N3O5/c1-33(24-13-6-3-7-14-24)30(37)22-40-26-16-10-15-25(19-26)34(20-23-11-4-2-5-12-23)29(36)21-35-31(38)27-17-8-9-18-28(27)32(35)39/h2-19H,20-22H2,1H3. The number of carbonyl (C=O) groups excluding carboxylic acids is 4. The zero-order valence-corrected chi connectivity index (χ0v) is 21.9. The first kappa shape index (κ1) is 26.4. The van der Waals surface area contributed by atoms with Gasteiger partial charge in [0.1, 0.15) is 12.3 Å². The van der Waals surface area contributed by atoms with Gasteiger partial charge in [-0.15, -0.1) is 0 Å². The van der Waals surface area contributed by atoms with Gasteiger partial charge in [0.2, 0.25) is 5.91 Å². The van der Waals surface area contributed by atoms with Crippen molar-refractivity contribution < 1.29 is 23.9 Å². The maximum atomic E-state index is 13.6. The number of hydrogen-bond donors (Lipinski definition) is 0. The fraction of sp³-hybridized carbons (Fsp3) is 0.125. The molecule has 0 N–H and O–H groups in total. The van der Waals surface area contributed by atoms with Crippen LogP contribution in [0.1, 0.15) is 26.3 Å². The van der Waals surface area contributed by atoms with E-state index in [1.165, 1.54) is 9.80 Å². The van der Waals surface area contributed by atoms with Crippen LogP contribution in [0.15, 0.2) is 109 Å². The van der Waals surface area contributed by atoms with Crippen molar-refractivity contribution in [2.75, 3.05) is 30.0 Å². The average Bonchev–Trinajstić information content (AvgIpc) is 3.24.